The van der Waals surface area contributed by atoms with Crippen molar-refractivity contribution in [1.29, 1.82) is 0 Å². The fourth-order valence-electron chi connectivity index (χ4n) is 4.22. The quantitative estimate of drug-likeness (QED) is 0.570. The van der Waals surface area contributed by atoms with Crippen molar-refractivity contribution in [1.82, 2.24) is 19.3 Å². The van der Waals surface area contributed by atoms with Gasteiger partial charge in [0.1, 0.15) is 22.3 Å². The molecule has 3 heterocycles. The molecule has 0 saturated heterocycles. The predicted molar refractivity (Wildman–Crippen MR) is 122 cm³/mol. The maximum Gasteiger partial charge on any atom is 0.343 e. The number of fused-ring (bicyclic) bond motifs is 3. The van der Waals surface area contributed by atoms with Gasteiger partial charge in [0.2, 0.25) is 5.91 Å². The Labute approximate surface area is 189 Å². The number of rotatable bonds is 6. The summed E-state index contributed by atoms with van der Waals surface area (Å²) in [6.45, 7) is 5.98. The minimum absolute atomic E-state index is 0.166. The van der Waals surface area contributed by atoms with E-state index >= 15 is 0 Å². The number of hydrogen-bond donors (Lipinski definition) is 1. The lowest BCUT2D eigenvalue weighted by molar-refractivity contribution is -0.119. The van der Waals surface area contributed by atoms with Crippen LogP contribution in [0.5, 0.6) is 0 Å². The van der Waals surface area contributed by atoms with Crippen LogP contribution in [0.3, 0.4) is 0 Å². The van der Waals surface area contributed by atoms with Gasteiger partial charge in [-0.15, -0.1) is 11.3 Å². The van der Waals surface area contributed by atoms with Crippen molar-refractivity contribution in [2.75, 3.05) is 11.9 Å². The number of carbonyl (C=O) groups is 2. The average molecular weight is 458 g/mol. The van der Waals surface area contributed by atoms with Crippen LogP contribution < -0.4 is 10.9 Å². The van der Waals surface area contributed by atoms with Gasteiger partial charge in [0.05, 0.1) is 24.5 Å². The van der Waals surface area contributed by atoms with E-state index in [1.54, 1.807) is 25.3 Å². The Balaban J connectivity index is 1.68. The highest BCUT2D eigenvalue weighted by Gasteiger charge is 2.28. The van der Waals surface area contributed by atoms with Gasteiger partial charge >= 0.3 is 5.97 Å². The first-order chi connectivity index (χ1) is 15.3. The number of aryl methyl sites for hydroxylation is 2. The molecule has 0 spiro atoms. The highest BCUT2D eigenvalue weighted by Crippen LogP contribution is 2.35. The number of thiophene rings is 1. The average Bonchev–Trinajstić information content (AvgIpc) is 3.30. The molecule has 2 atom stereocenters. The fraction of sp³-hybridized carbons (Fsp3) is 0.500. The summed E-state index contributed by atoms with van der Waals surface area (Å²) in [6, 6.07) is -0.776. The van der Waals surface area contributed by atoms with E-state index in [4.69, 9.17) is 4.74 Å². The van der Waals surface area contributed by atoms with Gasteiger partial charge in [-0.2, -0.15) is 5.10 Å². The molecule has 0 fully saturated rings. The van der Waals surface area contributed by atoms with Crippen molar-refractivity contribution < 1.29 is 14.3 Å². The standard InChI is InChI=1S/C22H27N5O4S/c1-5-15(19(28)25-18-14(10-24-26(18)4)22(30)31-6-2)27-11-23-20-17(21(27)29)13-8-7-12(3)9-16(13)32-20/h10-12,15H,5-9H2,1-4H3,(H,25,28). The van der Waals surface area contributed by atoms with Gasteiger partial charge in [-0.1, -0.05) is 13.8 Å². The van der Waals surface area contributed by atoms with E-state index in [0.29, 0.717) is 17.7 Å². The Kier molecular flexibility index (Phi) is 6.14. The van der Waals surface area contributed by atoms with Crippen LogP contribution in [0.1, 0.15) is 60.5 Å². The summed E-state index contributed by atoms with van der Waals surface area (Å²) in [7, 11) is 1.62. The topological polar surface area (TPSA) is 108 Å². The second-order valence-electron chi connectivity index (χ2n) is 8.15. The highest BCUT2D eigenvalue weighted by atomic mass is 32.1. The van der Waals surface area contributed by atoms with Crippen LogP contribution in [-0.2, 0) is 29.4 Å². The number of esters is 1. The van der Waals surface area contributed by atoms with Crippen LogP contribution in [0.25, 0.3) is 10.2 Å². The molecule has 1 amide bonds. The number of amides is 1. The maximum atomic E-state index is 13.4. The van der Waals surface area contributed by atoms with Crippen molar-refractivity contribution in [3.8, 4) is 0 Å². The van der Waals surface area contributed by atoms with E-state index in [-0.39, 0.29) is 23.5 Å². The zero-order valence-electron chi connectivity index (χ0n) is 18.7. The van der Waals surface area contributed by atoms with Crippen molar-refractivity contribution in [2.24, 2.45) is 13.0 Å². The first-order valence-corrected chi connectivity index (χ1v) is 11.7. The second kappa shape index (κ2) is 8.85. The third kappa shape index (κ3) is 3.83. The Morgan fingerprint density at radius 3 is 2.88 bits per heavy atom. The molecule has 1 N–H and O–H groups in total. The van der Waals surface area contributed by atoms with Gasteiger partial charge in [0.25, 0.3) is 5.56 Å². The maximum absolute atomic E-state index is 13.4. The molecule has 4 rings (SSSR count). The third-order valence-electron chi connectivity index (χ3n) is 5.94. The molecular formula is C22H27N5O4S. The van der Waals surface area contributed by atoms with Gasteiger partial charge < -0.3 is 10.1 Å². The first-order valence-electron chi connectivity index (χ1n) is 10.9. The van der Waals surface area contributed by atoms with Gasteiger partial charge in [0.15, 0.2) is 0 Å². The second-order valence-corrected chi connectivity index (χ2v) is 9.24. The van der Waals surface area contributed by atoms with Crippen LogP contribution >= 0.6 is 11.3 Å². The lowest BCUT2D eigenvalue weighted by Gasteiger charge is -2.19. The molecule has 32 heavy (non-hydrogen) atoms. The summed E-state index contributed by atoms with van der Waals surface area (Å²) in [4.78, 5) is 45.3. The van der Waals surface area contributed by atoms with Crippen molar-refractivity contribution in [3.63, 3.8) is 0 Å². The van der Waals surface area contributed by atoms with E-state index in [1.807, 2.05) is 6.92 Å². The van der Waals surface area contributed by atoms with Gasteiger partial charge in [0, 0.05) is 11.9 Å². The van der Waals surface area contributed by atoms with Crippen LogP contribution in [0.4, 0.5) is 5.82 Å². The normalized spacial score (nSPS) is 16.6. The van der Waals surface area contributed by atoms with Crippen LogP contribution in [0, 0.1) is 5.92 Å². The van der Waals surface area contributed by atoms with E-state index in [9.17, 15) is 14.4 Å². The number of ether oxygens (including phenoxy) is 1. The Morgan fingerprint density at radius 1 is 1.38 bits per heavy atom. The molecule has 9 nitrogen and oxygen atoms in total. The molecule has 10 heteroatoms. The summed E-state index contributed by atoms with van der Waals surface area (Å²) in [5, 5.41) is 7.46. The van der Waals surface area contributed by atoms with E-state index < -0.39 is 17.9 Å². The SMILES string of the molecule is CCOC(=O)c1cnn(C)c1NC(=O)C(CC)n1cnc2sc3c(c2c1=O)CCC(C)C3. The Hall–Kier alpha value is -3.01. The number of anilines is 1. The molecule has 3 aromatic heterocycles. The minimum atomic E-state index is -0.776. The molecule has 1 aliphatic rings. The lowest BCUT2D eigenvalue weighted by atomic mass is 9.89. The lowest BCUT2D eigenvalue weighted by Crippen LogP contribution is -2.34. The molecule has 0 bridgehead atoms. The third-order valence-corrected chi connectivity index (χ3v) is 7.10. The van der Waals surface area contributed by atoms with Crippen molar-refractivity contribution in [2.45, 2.75) is 52.5 Å². The van der Waals surface area contributed by atoms with Gasteiger partial charge in [-0.3, -0.25) is 18.8 Å². The molecule has 1 aliphatic carbocycles. The highest BCUT2D eigenvalue weighted by molar-refractivity contribution is 7.18. The molecule has 3 aromatic rings. The number of nitrogens with zero attached hydrogens (tertiary/aromatic N) is 4. The van der Waals surface area contributed by atoms with Crippen molar-refractivity contribution in [3.05, 3.63) is 38.9 Å². The molecular weight excluding hydrogens is 430 g/mol. The summed E-state index contributed by atoms with van der Waals surface area (Å²) >= 11 is 1.58. The fourth-order valence-corrected chi connectivity index (χ4v) is 5.56. The zero-order valence-corrected chi connectivity index (χ0v) is 19.5. The summed E-state index contributed by atoms with van der Waals surface area (Å²) < 4.78 is 7.85. The van der Waals surface area contributed by atoms with Crippen LogP contribution in [-0.4, -0.2) is 37.8 Å². The summed E-state index contributed by atoms with van der Waals surface area (Å²) in [5.74, 6) is -0.152. The van der Waals surface area contributed by atoms with E-state index in [2.05, 4.69) is 22.3 Å². The largest absolute Gasteiger partial charge is 0.462 e. The van der Waals surface area contributed by atoms with Crippen LogP contribution in [0.15, 0.2) is 17.3 Å². The van der Waals surface area contributed by atoms with E-state index in [0.717, 1.165) is 29.7 Å². The zero-order chi connectivity index (χ0) is 23.0. The molecule has 0 saturated carbocycles. The Bertz CT molecular complexity index is 1240. The molecule has 170 valence electrons. The Morgan fingerprint density at radius 2 is 2.16 bits per heavy atom. The van der Waals surface area contributed by atoms with Gasteiger partial charge in [-0.25, -0.2) is 9.78 Å². The summed E-state index contributed by atoms with van der Waals surface area (Å²) in [5.41, 5.74) is 1.06. The summed E-state index contributed by atoms with van der Waals surface area (Å²) in [6.07, 6.45) is 6.06. The number of aromatic nitrogens is 4. The predicted octanol–water partition coefficient (Wildman–Crippen LogP) is 3.08. The molecule has 0 aromatic carbocycles. The molecule has 0 aliphatic heterocycles. The van der Waals surface area contributed by atoms with Gasteiger partial charge in [-0.05, 0) is 44.1 Å². The number of carbonyl (C=O) groups excluding carboxylic acids is 2. The number of nitrogens with one attached hydrogen (secondary N) is 1. The monoisotopic (exact) mass is 457 g/mol. The minimum Gasteiger partial charge on any atom is -0.462 e. The first kappa shape index (κ1) is 22.2. The van der Waals surface area contributed by atoms with Crippen LogP contribution in [0.2, 0.25) is 0 Å². The smallest absolute Gasteiger partial charge is 0.343 e. The van der Waals surface area contributed by atoms with E-state index in [1.165, 1.54) is 26.7 Å². The number of hydrogen-bond acceptors (Lipinski definition) is 7. The van der Waals surface area contributed by atoms with Crippen molar-refractivity contribution >= 4 is 39.2 Å². The molecule has 2 unspecified atom stereocenters. The molecule has 0 radical (unpaired) electrons.